The molecule has 8 heteroatoms. The van der Waals surface area contributed by atoms with E-state index in [-0.39, 0.29) is 18.1 Å². The van der Waals surface area contributed by atoms with Gasteiger partial charge in [-0.1, -0.05) is 31.0 Å². The van der Waals surface area contributed by atoms with Crippen LogP contribution in [-0.2, 0) is 13.1 Å². The maximum Gasteiger partial charge on any atom is 0.330 e. The highest BCUT2D eigenvalue weighted by atomic mass is 16.3. The van der Waals surface area contributed by atoms with E-state index in [1.807, 2.05) is 32.9 Å². The summed E-state index contributed by atoms with van der Waals surface area (Å²) in [5.74, 6) is 0.0434. The number of anilines is 2. The van der Waals surface area contributed by atoms with Crippen molar-refractivity contribution < 1.29 is 9.21 Å². The fourth-order valence-corrected chi connectivity index (χ4v) is 3.39. The molecule has 0 saturated heterocycles. The van der Waals surface area contributed by atoms with Crippen LogP contribution in [0.2, 0.25) is 0 Å². The van der Waals surface area contributed by atoms with Crippen LogP contribution in [0.5, 0.6) is 0 Å². The maximum absolute atomic E-state index is 13.5. The Morgan fingerprint density at radius 1 is 1.23 bits per heavy atom. The van der Waals surface area contributed by atoms with Gasteiger partial charge >= 0.3 is 5.69 Å². The number of carbonyl (C=O) groups excluding carboxylic acids is 1. The minimum atomic E-state index is -0.713. The summed E-state index contributed by atoms with van der Waals surface area (Å²) in [5, 5.41) is 0. The molecule has 0 saturated carbocycles. The Morgan fingerprint density at radius 2 is 2.00 bits per heavy atom. The van der Waals surface area contributed by atoms with Crippen molar-refractivity contribution in [2.24, 2.45) is 0 Å². The largest absolute Gasteiger partial charge is 0.467 e. The normalized spacial score (nSPS) is 10.9. The molecule has 0 spiro atoms. The first-order valence-corrected chi connectivity index (χ1v) is 9.87. The van der Waals surface area contributed by atoms with Crippen LogP contribution >= 0.6 is 0 Å². The van der Waals surface area contributed by atoms with E-state index >= 15 is 0 Å². The third-order valence-electron chi connectivity index (χ3n) is 4.97. The van der Waals surface area contributed by atoms with Gasteiger partial charge in [0, 0.05) is 12.1 Å². The lowest BCUT2D eigenvalue weighted by Gasteiger charge is -2.24. The van der Waals surface area contributed by atoms with Gasteiger partial charge in [0.1, 0.15) is 11.6 Å². The van der Waals surface area contributed by atoms with Crippen molar-refractivity contribution in [3.63, 3.8) is 0 Å². The molecule has 8 nitrogen and oxygen atoms in total. The van der Waals surface area contributed by atoms with Crippen LogP contribution in [0.1, 0.15) is 47.0 Å². The van der Waals surface area contributed by atoms with E-state index in [4.69, 9.17) is 10.2 Å². The summed E-state index contributed by atoms with van der Waals surface area (Å²) in [6, 6.07) is 8.86. The molecule has 1 amide bonds. The second-order valence-electron chi connectivity index (χ2n) is 7.29. The fourth-order valence-electron chi connectivity index (χ4n) is 3.39. The Hall–Kier alpha value is -3.55. The van der Waals surface area contributed by atoms with E-state index in [0.29, 0.717) is 24.3 Å². The first kappa shape index (κ1) is 21.2. The average molecular weight is 410 g/mol. The van der Waals surface area contributed by atoms with Crippen LogP contribution in [0.25, 0.3) is 0 Å². The lowest BCUT2D eigenvalue weighted by atomic mass is 10.0. The standard InChI is InChI=1S/C22H26N4O4/c1-4-5-10-25-19(23)18(20(27)24-22(25)29)26(13-16-7-6-11-30-16)21(28)17-9-8-14(2)12-15(17)3/h6-9,11-12H,4-5,10,13,23H2,1-3H3,(H,24,27,29). The van der Waals surface area contributed by atoms with E-state index in [2.05, 4.69) is 4.98 Å². The number of nitrogens with two attached hydrogens (primary N) is 1. The number of benzene rings is 1. The Kier molecular flexibility index (Phi) is 6.25. The summed E-state index contributed by atoms with van der Waals surface area (Å²) in [7, 11) is 0. The van der Waals surface area contributed by atoms with Crippen LogP contribution in [-0.4, -0.2) is 15.5 Å². The van der Waals surface area contributed by atoms with Crippen molar-refractivity contribution in [3.05, 3.63) is 79.9 Å². The summed E-state index contributed by atoms with van der Waals surface area (Å²) in [4.78, 5) is 42.1. The Balaban J connectivity index is 2.17. The molecule has 0 atom stereocenters. The minimum Gasteiger partial charge on any atom is -0.467 e. The zero-order chi connectivity index (χ0) is 21.8. The molecule has 0 aliphatic rings. The summed E-state index contributed by atoms with van der Waals surface area (Å²) >= 11 is 0. The molecule has 1 aromatic carbocycles. The number of nitrogens with zero attached hydrogens (tertiary/aromatic N) is 2. The number of nitrogens with one attached hydrogen (secondary N) is 1. The molecule has 0 radical (unpaired) electrons. The van der Waals surface area contributed by atoms with Crippen molar-refractivity contribution in [1.29, 1.82) is 0 Å². The second kappa shape index (κ2) is 8.86. The molecule has 2 aromatic heterocycles. The monoisotopic (exact) mass is 410 g/mol. The average Bonchev–Trinajstić information content (AvgIpc) is 3.19. The molecule has 30 heavy (non-hydrogen) atoms. The number of furan rings is 1. The van der Waals surface area contributed by atoms with Gasteiger partial charge in [-0.05, 0) is 44.0 Å². The number of nitrogen functional groups attached to an aromatic ring is 1. The Bertz CT molecular complexity index is 1160. The van der Waals surface area contributed by atoms with Crippen molar-refractivity contribution in [2.45, 2.75) is 46.7 Å². The smallest absolute Gasteiger partial charge is 0.330 e. The SMILES string of the molecule is CCCCn1c(N)c(N(Cc2ccco2)C(=O)c2ccc(C)cc2C)c(=O)[nH]c1=O. The summed E-state index contributed by atoms with van der Waals surface area (Å²) in [6.07, 6.45) is 3.04. The molecule has 3 aromatic rings. The molecule has 0 aliphatic carbocycles. The lowest BCUT2D eigenvalue weighted by Crippen LogP contribution is -2.41. The second-order valence-corrected chi connectivity index (χ2v) is 7.29. The van der Waals surface area contributed by atoms with Gasteiger partial charge in [-0.3, -0.25) is 24.0 Å². The number of unbranched alkanes of at least 4 members (excludes halogenated alkanes) is 1. The highest BCUT2D eigenvalue weighted by Gasteiger charge is 2.27. The highest BCUT2D eigenvalue weighted by Crippen LogP contribution is 2.24. The van der Waals surface area contributed by atoms with Gasteiger partial charge in [-0.15, -0.1) is 0 Å². The minimum absolute atomic E-state index is 0.00158. The van der Waals surface area contributed by atoms with Crippen LogP contribution in [0, 0.1) is 13.8 Å². The Morgan fingerprint density at radius 3 is 2.63 bits per heavy atom. The van der Waals surface area contributed by atoms with Crippen molar-refractivity contribution >= 4 is 17.4 Å². The first-order valence-electron chi connectivity index (χ1n) is 9.87. The molecule has 0 unspecified atom stereocenters. The van der Waals surface area contributed by atoms with E-state index < -0.39 is 17.2 Å². The van der Waals surface area contributed by atoms with Gasteiger partial charge in [0.05, 0.1) is 12.8 Å². The molecule has 0 aliphatic heterocycles. The van der Waals surface area contributed by atoms with E-state index in [1.54, 1.807) is 18.2 Å². The third kappa shape index (κ3) is 4.22. The van der Waals surface area contributed by atoms with Crippen LogP contribution in [0.15, 0.2) is 50.6 Å². The van der Waals surface area contributed by atoms with Crippen molar-refractivity contribution in [3.8, 4) is 0 Å². The molecule has 2 heterocycles. The van der Waals surface area contributed by atoms with Gasteiger partial charge < -0.3 is 10.2 Å². The van der Waals surface area contributed by atoms with Crippen LogP contribution < -0.4 is 21.9 Å². The number of aromatic amines is 1. The highest BCUT2D eigenvalue weighted by molar-refractivity contribution is 6.08. The van der Waals surface area contributed by atoms with Crippen LogP contribution in [0.3, 0.4) is 0 Å². The topological polar surface area (TPSA) is 114 Å². The molecular formula is C22H26N4O4. The Labute approximate surface area is 173 Å². The first-order chi connectivity index (χ1) is 14.3. The molecule has 3 rings (SSSR count). The predicted molar refractivity (Wildman–Crippen MR) is 116 cm³/mol. The van der Waals surface area contributed by atoms with Gasteiger partial charge in [0.2, 0.25) is 0 Å². The number of amides is 1. The lowest BCUT2D eigenvalue weighted by molar-refractivity contribution is 0.0982. The predicted octanol–water partition coefficient (Wildman–Crippen LogP) is 2.98. The fraction of sp³-hybridized carbons (Fsp3) is 0.318. The number of aryl methyl sites for hydroxylation is 2. The van der Waals surface area contributed by atoms with Crippen molar-refractivity contribution in [1.82, 2.24) is 9.55 Å². The summed E-state index contributed by atoms with van der Waals surface area (Å²) in [5.41, 5.74) is 7.12. The molecule has 3 N–H and O–H groups in total. The van der Waals surface area contributed by atoms with Gasteiger partial charge in [-0.2, -0.15) is 0 Å². The molecule has 158 valence electrons. The molecule has 0 fully saturated rings. The van der Waals surface area contributed by atoms with Gasteiger partial charge in [0.15, 0.2) is 5.69 Å². The van der Waals surface area contributed by atoms with Gasteiger partial charge in [0.25, 0.3) is 11.5 Å². The zero-order valence-corrected chi connectivity index (χ0v) is 17.4. The number of carbonyl (C=O) groups is 1. The van der Waals surface area contributed by atoms with Crippen molar-refractivity contribution in [2.75, 3.05) is 10.6 Å². The molecule has 0 bridgehead atoms. The number of hydrogen-bond acceptors (Lipinski definition) is 5. The third-order valence-corrected chi connectivity index (χ3v) is 4.97. The van der Waals surface area contributed by atoms with E-state index in [1.165, 1.54) is 15.7 Å². The number of aromatic nitrogens is 2. The van der Waals surface area contributed by atoms with E-state index in [0.717, 1.165) is 17.5 Å². The quantitative estimate of drug-likeness (QED) is 0.621. The summed E-state index contributed by atoms with van der Waals surface area (Å²) < 4.78 is 6.70. The number of H-pyrrole nitrogens is 1. The maximum atomic E-state index is 13.5. The number of rotatable bonds is 7. The van der Waals surface area contributed by atoms with Crippen LogP contribution in [0.4, 0.5) is 11.5 Å². The van der Waals surface area contributed by atoms with Gasteiger partial charge in [-0.25, -0.2) is 4.79 Å². The summed E-state index contributed by atoms with van der Waals surface area (Å²) in [6.45, 7) is 6.10. The zero-order valence-electron chi connectivity index (χ0n) is 17.4. The van der Waals surface area contributed by atoms with E-state index in [9.17, 15) is 14.4 Å². The number of hydrogen-bond donors (Lipinski definition) is 2. The molecular weight excluding hydrogens is 384 g/mol.